The van der Waals surface area contributed by atoms with Crippen molar-refractivity contribution < 1.29 is 23.1 Å². The highest BCUT2D eigenvalue weighted by Crippen LogP contribution is 2.25. The number of hydrogen-bond donors (Lipinski definition) is 2. The summed E-state index contributed by atoms with van der Waals surface area (Å²) in [6, 6.07) is 0.281. The van der Waals surface area contributed by atoms with Crippen LogP contribution in [0.4, 0.5) is 13.2 Å². The number of carbonyl (C=O) groups is 1. The Morgan fingerprint density at radius 2 is 1.95 bits per heavy atom. The van der Waals surface area contributed by atoms with E-state index in [1.807, 2.05) is 0 Å². The van der Waals surface area contributed by atoms with Crippen molar-refractivity contribution in [1.29, 1.82) is 0 Å². The van der Waals surface area contributed by atoms with Gasteiger partial charge < -0.3 is 5.11 Å². The lowest BCUT2D eigenvalue weighted by Gasteiger charge is -2.27. The van der Waals surface area contributed by atoms with Gasteiger partial charge in [0.2, 0.25) is 0 Å². The molecule has 0 aromatic rings. The topological polar surface area (TPSA) is 52.6 Å². The zero-order valence-electron chi connectivity index (χ0n) is 12.7. The quantitative estimate of drug-likeness (QED) is 0.609. The molecule has 0 aromatic heterocycles. The average molecular weight is 310 g/mol. The van der Waals surface area contributed by atoms with E-state index in [4.69, 9.17) is 0 Å². The van der Waals surface area contributed by atoms with Crippen LogP contribution in [-0.2, 0) is 4.79 Å². The van der Waals surface area contributed by atoms with Crippen LogP contribution in [0.2, 0.25) is 0 Å². The Bertz CT molecular complexity index is 346. The molecule has 1 saturated carbocycles. The molecule has 1 fully saturated rings. The number of carboxylic acids is 1. The molecule has 0 amide bonds. The molecule has 2 N–H and O–H groups in total. The standard InChI is InChI=1S/C14H25F3N2O2/c1-3-19(10-14(15,16)17)9-5-4-8-13(2,12(20)21)18-11-6-7-11/h11,18H,3-10H2,1-2H3,(H,20,21). The van der Waals surface area contributed by atoms with Crippen molar-refractivity contribution in [1.82, 2.24) is 10.2 Å². The highest BCUT2D eigenvalue weighted by molar-refractivity contribution is 5.78. The zero-order chi connectivity index (χ0) is 16.1. The molecule has 124 valence electrons. The van der Waals surface area contributed by atoms with Gasteiger partial charge in [0.1, 0.15) is 5.54 Å². The van der Waals surface area contributed by atoms with Crippen LogP contribution >= 0.6 is 0 Å². The summed E-state index contributed by atoms with van der Waals surface area (Å²) in [5.41, 5.74) is -0.970. The smallest absolute Gasteiger partial charge is 0.401 e. The van der Waals surface area contributed by atoms with Crippen molar-refractivity contribution in [3.05, 3.63) is 0 Å². The fourth-order valence-corrected chi connectivity index (χ4v) is 2.34. The van der Waals surface area contributed by atoms with Crippen molar-refractivity contribution in [3.8, 4) is 0 Å². The number of aliphatic carboxylic acids is 1. The second-order valence-corrected chi connectivity index (χ2v) is 6.00. The molecule has 21 heavy (non-hydrogen) atoms. The molecule has 1 atom stereocenters. The van der Waals surface area contributed by atoms with E-state index in [0.717, 1.165) is 12.8 Å². The predicted molar refractivity (Wildman–Crippen MR) is 74.2 cm³/mol. The Labute approximate surface area is 123 Å². The number of carboxylic acid groups (broad SMARTS) is 1. The number of rotatable bonds is 10. The zero-order valence-corrected chi connectivity index (χ0v) is 12.7. The summed E-state index contributed by atoms with van der Waals surface area (Å²) in [6.45, 7) is 3.13. The van der Waals surface area contributed by atoms with Gasteiger partial charge in [0.05, 0.1) is 6.54 Å². The Balaban J connectivity index is 2.31. The van der Waals surface area contributed by atoms with Crippen molar-refractivity contribution >= 4 is 5.97 Å². The summed E-state index contributed by atoms with van der Waals surface area (Å²) in [6.07, 6.45) is -0.590. The molecule has 0 saturated heterocycles. The number of halogens is 3. The first kappa shape index (κ1) is 18.2. The normalized spacial score (nSPS) is 18.8. The largest absolute Gasteiger partial charge is 0.480 e. The number of nitrogens with zero attached hydrogens (tertiary/aromatic N) is 1. The maximum atomic E-state index is 12.3. The maximum absolute atomic E-state index is 12.3. The fraction of sp³-hybridized carbons (Fsp3) is 0.929. The fourth-order valence-electron chi connectivity index (χ4n) is 2.34. The molecular weight excluding hydrogens is 285 g/mol. The van der Waals surface area contributed by atoms with Gasteiger partial charge in [-0.25, -0.2) is 0 Å². The first-order valence-electron chi connectivity index (χ1n) is 7.46. The lowest BCUT2D eigenvalue weighted by molar-refractivity contribution is -0.145. The third-order valence-corrected chi connectivity index (χ3v) is 3.82. The Hall–Kier alpha value is -0.820. The highest BCUT2D eigenvalue weighted by atomic mass is 19.4. The Morgan fingerprint density at radius 3 is 2.38 bits per heavy atom. The van der Waals surface area contributed by atoms with E-state index in [9.17, 15) is 23.1 Å². The first-order chi connectivity index (χ1) is 9.66. The van der Waals surface area contributed by atoms with E-state index < -0.39 is 24.2 Å². The van der Waals surface area contributed by atoms with E-state index in [-0.39, 0.29) is 6.04 Å². The predicted octanol–water partition coefficient (Wildman–Crippen LogP) is 2.64. The van der Waals surface area contributed by atoms with E-state index in [1.165, 1.54) is 4.90 Å². The molecule has 0 radical (unpaired) electrons. The molecule has 7 heteroatoms. The molecule has 0 aliphatic heterocycles. The first-order valence-corrected chi connectivity index (χ1v) is 7.46. The third-order valence-electron chi connectivity index (χ3n) is 3.82. The molecular formula is C14H25F3N2O2. The van der Waals surface area contributed by atoms with Gasteiger partial charge in [0.25, 0.3) is 0 Å². The number of nitrogens with one attached hydrogen (secondary N) is 1. The average Bonchev–Trinajstić information content (AvgIpc) is 3.15. The second-order valence-electron chi connectivity index (χ2n) is 6.00. The van der Waals surface area contributed by atoms with Gasteiger partial charge in [-0.1, -0.05) is 6.92 Å². The van der Waals surface area contributed by atoms with Crippen LogP contribution in [0.15, 0.2) is 0 Å². The van der Waals surface area contributed by atoms with Crippen LogP contribution in [0.25, 0.3) is 0 Å². The summed E-state index contributed by atoms with van der Waals surface area (Å²) in [7, 11) is 0. The molecule has 0 spiro atoms. The highest BCUT2D eigenvalue weighted by Gasteiger charge is 2.38. The van der Waals surface area contributed by atoms with E-state index in [1.54, 1.807) is 13.8 Å². The van der Waals surface area contributed by atoms with Crippen molar-refractivity contribution in [2.24, 2.45) is 0 Å². The summed E-state index contributed by atoms with van der Waals surface area (Å²) >= 11 is 0. The molecule has 0 heterocycles. The van der Waals surface area contributed by atoms with Crippen molar-refractivity contribution in [3.63, 3.8) is 0 Å². The molecule has 1 unspecified atom stereocenters. The van der Waals surface area contributed by atoms with Gasteiger partial charge in [0, 0.05) is 6.04 Å². The minimum atomic E-state index is -4.18. The van der Waals surface area contributed by atoms with Crippen LogP contribution in [0.3, 0.4) is 0 Å². The lowest BCUT2D eigenvalue weighted by Crippen LogP contribution is -2.50. The monoisotopic (exact) mass is 310 g/mol. The minimum Gasteiger partial charge on any atom is -0.480 e. The molecule has 1 aliphatic rings. The van der Waals surface area contributed by atoms with E-state index in [0.29, 0.717) is 32.4 Å². The number of alkyl halides is 3. The summed E-state index contributed by atoms with van der Waals surface area (Å²) in [5.74, 6) is -0.892. The van der Waals surface area contributed by atoms with E-state index in [2.05, 4.69) is 5.32 Å². The van der Waals surface area contributed by atoms with Gasteiger partial charge in [0.15, 0.2) is 0 Å². The van der Waals surface area contributed by atoms with Gasteiger partial charge in [-0.2, -0.15) is 13.2 Å². The van der Waals surface area contributed by atoms with Crippen LogP contribution in [0.5, 0.6) is 0 Å². The SMILES string of the molecule is CCN(CCCCC(C)(NC1CC1)C(=O)O)CC(F)(F)F. The van der Waals surface area contributed by atoms with Gasteiger partial charge >= 0.3 is 12.1 Å². The maximum Gasteiger partial charge on any atom is 0.401 e. The van der Waals surface area contributed by atoms with E-state index >= 15 is 0 Å². The van der Waals surface area contributed by atoms with Crippen LogP contribution in [-0.4, -0.2) is 53.4 Å². The third kappa shape index (κ3) is 7.13. The van der Waals surface area contributed by atoms with Crippen LogP contribution in [0.1, 0.15) is 46.0 Å². The molecule has 1 rings (SSSR count). The minimum absolute atomic E-state index is 0.281. The van der Waals surface area contributed by atoms with Gasteiger partial charge in [-0.15, -0.1) is 0 Å². The summed E-state index contributed by atoms with van der Waals surface area (Å²) < 4.78 is 37.0. The van der Waals surface area contributed by atoms with Crippen LogP contribution < -0.4 is 5.32 Å². The number of unbranched alkanes of at least 4 members (excludes halogenated alkanes) is 1. The summed E-state index contributed by atoms with van der Waals surface area (Å²) in [4.78, 5) is 12.7. The van der Waals surface area contributed by atoms with Crippen LogP contribution in [0, 0.1) is 0 Å². The van der Waals surface area contributed by atoms with Gasteiger partial charge in [-0.05, 0) is 52.1 Å². The van der Waals surface area contributed by atoms with Gasteiger partial charge in [-0.3, -0.25) is 15.0 Å². The Kier molecular flexibility index (Phi) is 6.46. The molecule has 1 aliphatic carbocycles. The van der Waals surface area contributed by atoms with Crippen molar-refractivity contribution in [2.75, 3.05) is 19.6 Å². The summed E-state index contributed by atoms with van der Waals surface area (Å²) in [5, 5.41) is 12.4. The number of hydrogen-bond acceptors (Lipinski definition) is 3. The molecule has 0 aromatic carbocycles. The molecule has 4 nitrogen and oxygen atoms in total. The van der Waals surface area contributed by atoms with Crippen molar-refractivity contribution in [2.45, 2.75) is 63.7 Å². The lowest BCUT2D eigenvalue weighted by atomic mass is 9.94. The molecule has 0 bridgehead atoms. The Morgan fingerprint density at radius 1 is 1.33 bits per heavy atom. The second kappa shape index (κ2) is 7.45.